The highest BCUT2D eigenvalue weighted by molar-refractivity contribution is 7.92. The molecule has 0 unspecified atom stereocenters. The van der Waals surface area contributed by atoms with Crippen LogP contribution < -0.4 is 9.73 Å². The van der Waals surface area contributed by atoms with E-state index in [1.807, 2.05) is 56.5 Å². The summed E-state index contributed by atoms with van der Waals surface area (Å²) in [5, 5.41) is 5.18. The number of nitrogens with zero attached hydrogens (tertiary/aromatic N) is 3. The normalized spacial score (nSPS) is 11.7. The van der Waals surface area contributed by atoms with Gasteiger partial charge in [0, 0.05) is 22.0 Å². The molecule has 1 N–H and O–H groups in total. The lowest BCUT2D eigenvalue weighted by molar-refractivity contribution is -0.119. The Kier molecular flexibility index (Phi) is 9.03. The molecule has 4 rings (SSSR count). The molecule has 0 fully saturated rings. The zero-order valence-corrected chi connectivity index (χ0v) is 25.0. The van der Waals surface area contributed by atoms with Crippen molar-refractivity contribution < 1.29 is 13.2 Å². The van der Waals surface area contributed by atoms with Gasteiger partial charge < -0.3 is 4.57 Å². The van der Waals surface area contributed by atoms with Crippen LogP contribution in [-0.4, -0.2) is 31.7 Å². The minimum atomic E-state index is -4.03. The smallest absolute Gasteiger partial charge is 0.264 e. The molecule has 0 aliphatic heterocycles. The molecule has 0 radical (unpaired) electrons. The quantitative estimate of drug-likeness (QED) is 0.174. The van der Waals surface area contributed by atoms with Gasteiger partial charge in [0.05, 0.1) is 27.5 Å². The second kappa shape index (κ2) is 12.3. The minimum Gasteiger partial charge on any atom is -0.316 e. The summed E-state index contributed by atoms with van der Waals surface area (Å²) in [5.41, 5.74) is 8.00. The van der Waals surface area contributed by atoms with Gasteiger partial charge in [-0.15, -0.1) is 0 Å². The number of carbonyl (C=O) groups is 1. The summed E-state index contributed by atoms with van der Waals surface area (Å²) >= 11 is 12.5. The number of hydrogen-bond acceptors (Lipinski definition) is 4. The number of hydrazone groups is 1. The molecule has 3 aromatic carbocycles. The van der Waals surface area contributed by atoms with Crippen LogP contribution in [0.5, 0.6) is 0 Å². The number of anilines is 1. The lowest BCUT2D eigenvalue weighted by Crippen LogP contribution is -2.40. The second-order valence-electron chi connectivity index (χ2n) is 9.36. The van der Waals surface area contributed by atoms with E-state index in [1.165, 1.54) is 6.21 Å². The van der Waals surface area contributed by atoms with E-state index in [2.05, 4.69) is 10.5 Å². The fourth-order valence-electron chi connectivity index (χ4n) is 4.48. The monoisotopic (exact) mass is 596 g/mol. The van der Waals surface area contributed by atoms with E-state index in [1.54, 1.807) is 48.5 Å². The number of nitrogens with one attached hydrogen (secondary N) is 1. The van der Waals surface area contributed by atoms with Crippen molar-refractivity contribution in [1.82, 2.24) is 9.99 Å². The lowest BCUT2D eigenvalue weighted by Gasteiger charge is -2.25. The zero-order chi connectivity index (χ0) is 29.0. The molecule has 1 amide bonds. The maximum absolute atomic E-state index is 13.7. The first-order chi connectivity index (χ1) is 19.0. The van der Waals surface area contributed by atoms with Crippen LogP contribution in [0.1, 0.15) is 35.0 Å². The highest BCUT2D eigenvalue weighted by Crippen LogP contribution is 2.29. The van der Waals surface area contributed by atoms with Crippen molar-refractivity contribution in [2.45, 2.75) is 39.0 Å². The molecule has 0 atom stereocenters. The maximum Gasteiger partial charge on any atom is 0.264 e. The van der Waals surface area contributed by atoms with Gasteiger partial charge in [-0.05, 0) is 75.2 Å². The number of hydrogen-bond donors (Lipinski definition) is 1. The number of rotatable bonds is 9. The number of halogens is 2. The first-order valence-corrected chi connectivity index (χ1v) is 14.9. The summed E-state index contributed by atoms with van der Waals surface area (Å²) in [4.78, 5) is 13.1. The van der Waals surface area contributed by atoms with Gasteiger partial charge in [0.25, 0.3) is 15.9 Å². The number of amides is 1. The van der Waals surface area contributed by atoms with Crippen molar-refractivity contribution in [3.05, 3.63) is 111 Å². The van der Waals surface area contributed by atoms with Gasteiger partial charge in [0.1, 0.15) is 6.54 Å². The molecule has 0 spiro atoms. The molecule has 0 aliphatic rings. The summed E-state index contributed by atoms with van der Waals surface area (Å²) in [6.07, 6.45) is 2.13. The standard InChI is InChI=1S/C30H30Cl2N4O3S/c1-5-23-8-6-7-9-28(23)35(40(38,39)26-13-10-20(2)11-14-26)19-30(37)34-33-18-24-16-21(3)36(22(24)4)29-15-12-25(31)17-27(29)32/h6-18H,5,19H2,1-4H3,(H,34,37)/b33-18-. The molecule has 0 aliphatic carbocycles. The highest BCUT2D eigenvalue weighted by atomic mass is 35.5. The Balaban J connectivity index is 1.59. The Bertz CT molecular complexity index is 1680. The summed E-state index contributed by atoms with van der Waals surface area (Å²) < 4.78 is 30.5. The molecule has 4 aromatic rings. The fraction of sp³-hybridized carbons (Fsp3) is 0.200. The summed E-state index contributed by atoms with van der Waals surface area (Å²) in [7, 11) is -4.03. The Morgan fingerprint density at radius 3 is 2.38 bits per heavy atom. The van der Waals surface area contributed by atoms with Gasteiger partial charge in [0.2, 0.25) is 0 Å². The molecular formula is C30H30Cl2N4O3S. The van der Waals surface area contributed by atoms with Gasteiger partial charge in [-0.3, -0.25) is 9.10 Å². The third kappa shape index (κ3) is 6.25. The Morgan fingerprint density at radius 1 is 1.00 bits per heavy atom. The van der Waals surface area contributed by atoms with Crippen LogP contribution in [0.4, 0.5) is 5.69 Å². The van der Waals surface area contributed by atoms with Crippen LogP contribution >= 0.6 is 23.2 Å². The predicted octanol–water partition coefficient (Wildman–Crippen LogP) is 6.62. The molecular weight excluding hydrogens is 567 g/mol. The largest absolute Gasteiger partial charge is 0.316 e. The molecule has 1 aromatic heterocycles. The number of carbonyl (C=O) groups excluding carboxylic acids is 1. The van der Waals surface area contributed by atoms with Crippen LogP contribution in [0.25, 0.3) is 5.69 Å². The van der Waals surface area contributed by atoms with Crippen LogP contribution in [0.2, 0.25) is 10.0 Å². The molecule has 40 heavy (non-hydrogen) atoms. The highest BCUT2D eigenvalue weighted by Gasteiger charge is 2.28. The van der Waals surface area contributed by atoms with Crippen LogP contribution in [0.15, 0.2) is 82.8 Å². The Labute approximate surface area is 245 Å². The minimum absolute atomic E-state index is 0.105. The third-order valence-electron chi connectivity index (χ3n) is 6.55. The van der Waals surface area contributed by atoms with E-state index >= 15 is 0 Å². The van der Waals surface area contributed by atoms with Gasteiger partial charge in [-0.25, -0.2) is 13.8 Å². The molecule has 208 valence electrons. The number of benzene rings is 3. The van der Waals surface area contributed by atoms with E-state index in [4.69, 9.17) is 23.2 Å². The van der Waals surface area contributed by atoms with E-state index in [0.29, 0.717) is 22.2 Å². The molecule has 7 nitrogen and oxygen atoms in total. The second-order valence-corrected chi connectivity index (χ2v) is 12.1. The van der Waals surface area contributed by atoms with Crippen LogP contribution in [-0.2, 0) is 21.2 Å². The SMILES string of the molecule is CCc1ccccc1N(CC(=O)N/N=C\c1cc(C)n(-c2ccc(Cl)cc2Cl)c1C)S(=O)(=O)c1ccc(C)cc1. The first-order valence-electron chi connectivity index (χ1n) is 12.7. The summed E-state index contributed by atoms with van der Waals surface area (Å²) in [6, 6.07) is 20.9. The number of para-hydroxylation sites is 1. The average Bonchev–Trinajstić information content (AvgIpc) is 3.20. The van der Waals surface area contributed by atoms with Crippen LogP contribution in [0.3, 0.4) is 0 Å². The predicted molar refractivity (Wildman–Crippen MR) is 163 cm³/mol. The number of sulfonamides is 1. The van der Waals surface area contributed by atoms with E-state index < -0.39 is 22.5 Å². The van der Waals surface area contributed by atoms with Crippen LogP contribution in [0, 0.1) is 20.8 Å². The van der Waals surface area contributed by atoms with E-state index in [0.717, 1.165) is 38.1 Å². The van der Waals surface area contributed by atoms with Gasteiger partial charge in [-0.2, -0.15) is 5.10 Å². The molecule has 0 bridgehead atoms. The molecule has 0 saturated carbocycles. The van der Waals surface area contributed by atoms with Gasteiger partial charge in [-0.1, -0.05) is 66.0 Å². The van der Waals surface area contributed by atoms with Crippen molar-refractivity contribution in [3.63, 3.8) is 0 Å². The molecule has 0 saturated heterocycles. The third-order valence-corrected chi connectivity index (χ3v) is 8.86. The topological polar surface area (TPSA) is 83.8 Å². The number of aromatic nitrogens is 1. The maximum atomic E-state index is 13.7. The Morgan fingerprint density at radius 2 is 1.70 bits per heavy atom. The molecule has 1 heterocycles. The Hall–Kier alpha value is -3.59. The summed E-state index contributed by atoms with van der Waals surface area (Å²) in [5.74, 6) is -0.576. The van der Waals surface area contributed by atoms with E-state index in [-0.39, 0.29) is 4.90 Å². The average molecular weight is 598 g/mol. The van der Waals surface area contributed by atoms with E-state index in [9.17, 15) is 13.2 Å². The van der Waals surface area contributed by atoms with Crippen molar-refractivity contribution in [3.8, 4) is 5.69 Å². The molecule has 10 heteroatoms. The zero-order valence-electron chi connectivity index (χ0n) is 22.7. The fourth-order valence-corrected chi connectivity index (χ4v) is 6.43. The van der Waals surface area contributed by atoms with Crippen molar-refractivity contribution in [2.24, 2.45) is 5.10 Å². The first kappa shape index (κ1) is 29.4. The van der Waals surface area contributed by atoms with Crippen molar-refractivity contribution in [1.29, 1.82) is 0 Å². The number of aryl methyl sites for hydroxylation is 3. The van der Waals surface area contributed by atoms with Gasteiger partial charge >= 0.3 is 0 Å². The van der Waals surface area contributed by atoms with Gasteiger partial charge in [0.15, 0.2) is 0 Å². The summed E-state index contributed by atoms with van der Waals surface area (Å²) in [6.45, 7) is 7.23. The van der Waals surface area contributed by atoms with Crippen molar-refractivity contribution in [2.75, 3.05) is 10.8 Å². The van der Waals surface area contributed by atoms with Crippen molar-refractivity contribution >= 4 is 51.0 Å². The lowest BCUT2D eigenvalue weighted by atomic mass is 10.1.